The van der Waals surface area contributed by atoms with Gasteiger partial charge in [0.25, 0.3) is 0 Å². The van der Waals surface area contributed by atoms with Crippen molar-refractivity contribution in [2.75, 3.05) is 0 Å². The van der Waals surface area contributed by atoms with Crippen LogP contribution in [-0.4, -0.2) is 0 Å². The first kappa shape index (κ1) is 11.5. The zero-order chi connectivity index (χ0) is 9.23. The van der Waals surface area contributed by atoms with Crippen molar-refractivity contribution in [2.24, 2.45) is 0 Å². The van der Waals surface area contributed by atoms with Crippen molar-refractivity contribution in [3.63, 3.8) is 0 Å². The van der Waals surface area contributed by atoms with Crippen molar-refractivity contribution in [3.8, 4) is 0 Å². The molecular formula is C12H22. The molecule has 0 spiro atoms. The van der Waals surface area contributed by atoms with Gasteiger partial charge in [-0.25, -0.2) is 0 Å². The first-order valence-corrected chi connectivity index (χ1v) is 5.09. The third-order valence-electron chi connectivity index (χ3n) is 2.08. The maximum absolute atomic E-state index is 3.68. The maximum atomic E-state index is 3.68. The quantitative estimate of drug-likeness (QED) is 0.386. The van der Waals surface area contributed by atoms with E-state index in [1.165, 1.54) is 44.1 Å². The summed E-state index contributed by atoms with van der Waals surface area (Å²) in [5.41, 5.74) is 1.46. The van der Waals surface area contributed by atoms with Crippen LogP contribution < -0.4 is 0 Å². The highest BCUT2D eigenvalue weighted by molar-refractivity contribution is 5.07. The van der Waals surface area contributed by atoms with Crippen LogP contribution in [0.3, 0.4) is 0 Å². The molecular weight excluding hydrogens is 144 g/mol. The molecule has 0 rings (SSSR count). The van der Waals surface area contributed by atoms with Crippen LogP contribution in [0.5, 0.6) is 0 Å². The Labute approximate surface area is 77.4 Å². The van der Waals surface area contributed by atoms with E-state index in [0.29, 0.717) is 0 Å². The molecule has 0 saturated heterocycles. The van der Waals surface area contributed by atoms with E-state index in [4.69, 9.17) is 0 Å². The molecule has 0 aliphatic rings. The van der Waals surface area contributed by atoms with Gasteiger partial charge in [0, 0.05) is 0 Å². The lowest BCUT2D eigenvalue weighted by molar-refractivity contribution is 0.630. The SMILES string of the molecule is C=C/C=C(/C)CCCCCCC. The van der Waals surface area contributed by atoms with E-state index in [2.05, 4.69) is 26.5 Å². The van der Waals surface area contributed by atoms with Gasteiger partial charge in [0.15, 0.2) is 0 Å². The second-order valence-electron chi connectivity index (χ2n) is 3.41. The van der Waals surface area contributed by atoms with Gasteiger partial charge in [0.1, 0.15) is 0 Å². The second-order valence-corrected chi connectivity index (χ2v) is 3.41. The maximum Gasteiger partial charge on any atom is -0.0320 e. The molecule has 0 saturated carbocycles. The van der Waals surface area contributed by atoms with Crippen LogP contribution in [-0.2, 0) is 0 Å². The summed E-state index contributed by atoms with van der Waals surface area (Å²) in [5, 5.41) is 0. The average Bonchev–Trinajstić information content (AvgIpc) is 2.05. The van der Waals surface area contributed by atoms with Gasteiger partial charge < -0.3 is 0 Å². The molecule has 0 aromatic heterocycles. The summed E-state index contributed by atoms with van der Waals surface area (Å²) in [6.45, 7) is 8.12. The second kappa shape index (κ2) is 8.58. The number of hydrogen-bond donors (Lipinski definition) is 0. The lowest BCUT2D eigenvalue weighted by Crippen LogP contribution is -1.80. The monoisotopic (exact) mass is 166 g/mol. The number of allylic oxidation sites excluding steroid dienone is 3. The summed E-state index contributed by atoms with van der Waals surface area (Å²) in [5.74, 6) is 0. The van der Waals surface area contributed by atoms with Crippen LogP contribution in [0.1, 0.15) is 52.4 Å². The molecule has 0 fully saturated rings. The average molecular weight is 166 g/mol. The molecule has 0 nitrogen and oxygen atoms in total. The predicted molar refractivity (Wildman–Crippen MR) is 57.3 cm³/mol. The standard InChI is InChI=1S/C12H22/c1-4-6-7-8-9-11-12(3)10-5-2/h5,10H,2,4,6-9,11H2,1,3H3/b12-10-. The number of unbranched alkanes of at least 4 members (excludes halogenated alkanes) is 4. The van der Waals surface area contributed by atoms with Gasteiger partial charge in [0.05, 0.1) is 0 Å². The van der Waals surface area contributed by atoms with Gasteiger partial charge in [0.2, 0.25) is 0 Å². The van der Waals surface area contributed by atoms with Crippen LogP contribution >= 0.6 is 0 Å². The summed E-state index contributed by atoms with van der Waals surface area (Å²) in [6, 6.07) is 0. The molecule has 12 heavy (non-hydrogen) atoms. The Morgan fingerprint density at radius 1 is 1.17 bits per heavy atom. The minimum Gasteiger partial charge on any atom is -0.0991 e. The smallest absolute Gasteiger partial charge is 0.0320 e. The highest BCUT2D eigenvalue weighted by Crippen LogP contribution is 2.10. The van der Waals surface area contributed by atoms with E-state index in [0.717, 1.165) is 0 Å². The zero-order valence-electron chi connectivity index (χ0n) is 8.60. The van der Waals surface area contributed by atoms with E-state index in [9.17, 15) is 0 Å². The van der Waals surface area contributed by atoms with Crippen LogP contribution in [0.15, 0.2) is 24.3 Å². The normalized spacial score (nSPS) is 11.7. The topological polar surface area (TPSA) is 0 Å². The molecule has 0 bridgehead atoms. The lowest BCUT2D eigenvalue weighted by Gasteiger charge is -1.99. The van der Waals surface area contributed by atoms with Crippen molar-refractivity contribution in [2.45, 2.75) is 52.4 Å². The molecule has 0 aliphatic carbocycles. The number of hydrogen-bond acceptors (Lipinski definition) is 0. The highest BCUT2D eigenvalue weighted by Gasteiger charge is 1.90. The molecule has 0 heteroatoms. The molecule has 0 aliphatic heterocycles. The lowest BCUT2D eigenvalue weighted by atomic mass is 10.1. The van der Waals surface area contributed by atoms with Crippen molar-refractivity contribution in [3.05, 3.63) is 24.3 Å². The molecule has 0 amide bonds. The molecule has 0 N–H and O–H groups in total. The van der Waals surface area contributed by atoms with E-state index in [1.807, 2.05) is 6.08 Å². The molecule has 0 radical (unpaired) electrons. The Morgan fingerprint density at radius 3 is 2.42 bits per heavy atom. The fraction of sp³-hybridized carbons (Fsp3) is 0.667. The Kier molecular flexibility index (Phi) is 8.20. The largest absolute Gasteiger partial charge is 0.0991 e. The van der Waals surface area contributed by atoms with Crippen LogP contribution in [0.4, 0.5) is 0 Å². The Morgan fingerprint density at radius 2 is 1.83 bits per heavy atom. The minimum absolute atomic E-state index is 1.25. The van der Waals surface area contributed by atoms with E-state index in [-0.39, 0.29) is 0 Å². The first-order chi connectivity index (χ1) is 5.81. The van der Waals surface area contributed by atoms with Gasteiger partial charge >= 0.3 is 0 Å². The Balaban J connectivity index is 3.19. The van der Waals surface area contributed by atoms with E-state index >= 15 is 0 Å². The molecule has 70 valence electrons. The summed E-state index contributed by atoms with van der Waals surface area (Å²) in [6.07, 6.45) is 12.1. The van der Waals surface area contributed by atoms with Crippen molar-refractivity contribution in [1.29, 1.82) is 0 Å². The Hall–Kier alpha value is -0.520. The van der Waals surface area contributed by atoms with E-state index < -0.39 is 0 Å². The molecule has 0 aromatic carbocycles. The highest BCUT2D eigenvalue weighted by atomic mass is 14.0. The number of rotatable bonds is 7. The van der Waals surface area contributed by atoms with Crippen molar-refractivity contribution >= 4 is 0 Å². The van der Waals surface area contributed by atoms with Gasteiger partial charge in [-0.05, 0) is 19.8 Å². The zero-order valence-corrected chi connectivity index (χ0v) is 8.60. The first-order valence-electron chi connectivity index (χ1n) is 5.09. The molecule has 0 unspecified atom stereocenters. The van der Waals surface area contributed by atoms with Gasteiger partial charge in [-0.2, -0.15) is 0 Å². The summed E-state index contributed by atoms with van der Waals surface area (Å²) < 4.78 is 0. The summed E-state index contributed by atoms with van der Waals surface area (Å²) in [4.78, 5) is 0. The third kappa shape index (κ3) is 7.59. The van der Waals surface area contributed by atoms with Crippen molar-refractivity contribution in [1.82, 2.24) is 0 Å². The summed E-state index contributed by atoms with van der Waals surface area (Å²) >= 11 is 0. The minimum atomic E-state index is 1.25. The van der Waals surface area contributed by atoms with E-state index in [1.54, 1.807) is 0 Å². The van der Waals surface area contributed by atoms with Gasteiger partial charge in [-0.1, -0.05) is 56.9 Å². The van der Waals surface area contributed by atoms with Gasteiger partial charge in [-0.3, -0.25) is 0 Å². The van der Waals surface area contributed by atoms with Gasteiger partial charge in [-0.15, -0.1) is 0 Å². The Bertz CT molecular complexity index is 131. The molecule has 0 atom stereocenters. The molecule has 0 aromatic rings. The third-order valence-corrected chi connectivity index (χ3v) is 2.08. The fourth-order valence-electron chi connectivity index (χ4n) is 1.29. The van der Waals surface area contributed by atoms with Crippen molar-refractivity contribution < 1.29 is 0 Å². The fourth-order valence-corrected chi connectivity index (χ4v) is 1.29. The van der Waals surface area contributed by atoms with Crippen LogP contribution in [0.2, 0.25) is 0 Å². The predicted octanol–water partition coefficient (Wildman–Crippen LogP) is 4.48. The van der Waals surface area contributed by atoms with Crippen LogP contribution in [0.25, 0.3) is 0 Å². The van der Waals surface area contributed by atoms with Crippen LogP contribution in [0, 0.1) is 0 Å². The summed E-state index contributed by atoms with van der Waals surface area (Å²) in [7, 11) is 0. The molecule has 0 heterocycles.